The molecule has 2 aromatic carbocycles. The van der Waals surface area contributed by atoms with Gasteiger partial charge in [0, 0.05) is 43.8 Å². The number of hydrogen-bond donors (Lipinski definition) is 1. The molecule has 3 heterocycles. The molecule has 1 aromatic heterocycles. The van der Waals surface area contributed by atoms with Gasteiger partial charge in [-0.25, -0.2) is 0 Å². The highest BCUT2D eigenvalue weighted by Crippen LogP contribution is 2.38. The lowest BCUT2D eigenvalue weighted by molar-refractivity contribution is 0.0334. The van der Waals surface area contributed by atoms with E-state index in [1.54, 1.807) is 6.07 Å². The van der Waals surface area contributed by atoms with Gasteiger partial charge >= 0.3 is 0 Å². The molecular weight excluding hydrogens is 492 g/mol. The summed E-state index contributed by atoms with van der Waals surface area (Å²) in [6.45, 7) is 6.14. The summed E-state index contributed by atoms with van der Waals surface area (Å²) < 4.78 is 13.9. The Morgan fingerprint density at radius 3 is 2.56 bits per heavy atom. The molecule has 1 saturated heterocycles. The summed E-state index contributed by atoms with van der Waals surface area (Å²) in [7, 11) is 0. The number of nitrogens with one attached hydrogen (secondary N) is 1. The van der Waals surface area contributed by atoms with Crippen LogP contribution in [-0.2, 0) is 11.3 Å². The van der Waals surface area contributed by atoms with Crippen molar-refractivity contribution in [3.63, 3.8) is 0 Å². The summed E-state index contributed by atoms with van der Waals surface area (Å²) in [5, 5.41) is 7.63. The zero-order chi connectivity index (χ0) is 27.1. The van der Waals surface area contributed by atoms with E-state index in [1.165, 1.54) is 0 Å². The van der Waals surface area contributed by atoms with E-state index in [0.29, 0.717) is 63.0 Å². The van der Waals surface area contributed by atoms with Crippen LogP contribution in [-0.4, -0.2) is 65.9 Å². The van der Waals surface area contributed by atoms with Crippen molar-refractivity contribution in [1.29, 1.82) is 0 Å². The zero-order valence-corrected chi connectivity index (χ0v) is 22.7. The standard InChI is InChI=1S/C31H38N4O4/c1-2-35-27(22-26(33-35)24-10-4-3-5-11-24)30(37)34-18-15-31(16-19-34)14-8-9-20-38-21-17-32-29(36)25-12-6-7-13-28(25)39-23-31/h3-7,10-13,22H,2,8-9,14-21,23H2,1H3,(H,32,36). The summed E-state index contributed by atoms with van der Waals surface area (Å²) in [6, 6.07) is 19.3. The predicted octanol–water partition coefficient (Wildman–Crippen LogP) is 4.80. The van der Waals surface area contributed by atoms with E-state index in [4.69, 9.17) is 14.6 Å². The van der Waals surface area contributed by atoms with E-state index in [-0.39, 0.29) is 17.2 Å². The van der Waals surface area contributed by atoms with Crippen LogP contribution in [0.25, 0.3) is 11.3 Å². The lowest BCUT2D eigenvalue weighted by Gasteiger charge is -2.42. The second-order valence-corrected chi connectivity index (χ2v) is 10.5. The molecule has 5 rings (SSSR count). The normalized spacial score (nSPS) is 18.5. The molecule has 0 aliphatic carbocycles. The molecule has 3 aromatic rings. The number of carbonyl (C=O) groups excluding carboxylic acids is 2. The molecule has 2 aliphatic heterocycles. The molecule has 1 spiro atoms. The van der Waals surface area contributed by atoms with Crippen LogP contribution in [0.4, 0.5) is 0 Å². The first-order chi connectivity index (χ1) is 19.1. The maximum Gasteiger partial charge on any atom is 0.272 e. The number of carbonyl (C=O) groups is 2. The lowest BCUT2D eigenvalue weighted by atomic mass is 9.75. The monoisotopic (exact) mass is 530 g/mol. The Balaban J connectivity index is 1.30. The Kier molecular flexibility index (Phi) is 8.61. The SMILES string of the molecule is CCn1nc(-c2ccccc2)cc1C(=O)N1CCC2(CCCCOCCNC(=O)c3ccccc3OC2)CC1. The molecular formula is C31H38N4O4. The van der Waals surface area contributed by atoms with E-state index in [1.807, 2.05) is 71.1 Å². The molecule has 2 aliphatic rings. The average Bonchev–Trinajstić information content (AvgIpc) is 3.42. The van der Waals surface area contributed by atoms with Gasteiger partial charge in [-0.05, 0) is 50.8 Å². The maximum atomic E-state index is 13.6. The van der Waals surface area contributed by atoms with E-state index >= 15 is 0 Å². The van der Waals surface area contributed by atoms with E-state index < -0.39 is 0 Å². The summed E-state index contributed by atoms with van der Waals surface area (Å²) in [5.41, 5.74) is 2.93. The second kappa shape index (κ2) is 12.5. The van der Waals surface area contributed by atoms with Gasteiger partial charge in [0.15, 0.2) is 0 Å². The molecule has 2 amide bonds. The van der Waals surface area contributed by atoms with Crippen LogP contribution in [0.3, 0.4) is 0 Å². The fraction of sp³-hybridized carbons (Fsp3) is 0.452. The van der Waals surface area contributed by atoms with Crippen LogP contribution in [0.15, 0.2) is 60.7 Å². The number of rotatable bonds is 3. The smallest absolute Gasteiger partial charge is 0.272 e. The fourth-order valence-electron chi connectivity index (χ4n) is 5.54. The average molecular weight is 531 g/mol. The van der Waals surface area contributed by atoms with E-state index in [0.717, 1.165) is 43.4 Å². The number of amides is 2. The van der Waals surface area contributed by atoms with Crippen LogP contribution < -0.4 is 10.1 Å². The van der Waals surface area contributed by atoms with Crippen molar-refractivity contribution < 1.29 is 19.1 Å². The molecule has 0 radical (unpaired) electrons. The van der Waals surface area contributed by atoms with Crippen molar-refractivity contribution in [3.05, 3.63) is 71.9 Å². The Bertz CT molecular complexity index is 1260. The van der Waals surface area contributed by atoms with Crippen molar-refractivity contribution in [2.75, 3.05) is 39.5 Å². The summed E-state index contributed by atoms with van der Waals surface area (Å²) in [4.78, 5) is 28.3. The fourth-order valence-corrected chi connectivity index (χ4v) is 5.54. The number of aromatic nitrogens is 2. The minimum atomic E-state index is -0.150. The van der Waals surface area contributed by atoms with Gasteiger partial charge < -0.3 is 19.7 Å². The molecule has 0 atom stereocenters. The molecule has 8 heteroatoms. The number of likely N-dealkylation sites (tertiary alicyclic amines) is 1. The van der Waals surface area contributed by atoms with Crippen LogP contribution in [0.5, 0.6) is 5.75 Å². The van der Waals surface area contributed by atoms with Crippen molar-refractivity contribution in [1.82, 2.24) is 20.0 Å². The van der Waals surface area contributed by atoms with Crippen molar-refractivity contribution in [2.24, 2.45) is 5.41 Å². The number of benzene rings is 2. The molecule has 8 nitrogen and oxygen atoms in total. The summed E-state index contributed by atoms with van der Waals surface area (Å²) in [5.74, 6) is 0.480. The molecule has 0 saturated carbocycles. The minimum absolute atomic E-state index is 0.0265. The van der Waals surface area contributed by atoms with Gasteiger partial charge in [0.2, 0.25) is 0 Å². The number of fused-ring (bicyclic) bond motifs is 1. The lowest BCUT2D eigenvalue weighted by Crippen LogP contribution is -2.46. The Hall–Kier alpha value is -3.65. The van der Waals surface area contributed by atoms with E-state index in [2.05, 4.69) is 5.32 Å². The third-order valence-corrected chi connectivity index (χ3v) is 7.92. The Morgan fingerprint density at radius 2 is 1.77 bits per heavy atom. The molecule has 0 bridgehead atoms. The Morgan fingerprint density at radius 1 is 1.00 bits per heavy atom. The maximum absolute atomic E-state index is 13.6. The van der Waals surface area contributed by atoms with Gasteiger partial charge in [0.1, 0.15) is 11.4 Å². The molecule has 1 N–H and O–H groups in total. The van der Waals surface area contributed by atoms with Crippen molar-refractivity contribution >= 4 is 11.8 Å². The summed E-state index contributed by atoms with van der Waals surface area (Å²) >= 11 is 0. The third kappa shape index (κ3) is 6.33. The number of hydrogen-bond acceptors (Lipinski definition) is 5. The number of nitrogens with zero attached hydrogens (tertiary/aromatic N) is 3. The number of para-hydroxylation sites is 1. The van der Waals surface area contributed by atoms with Crippen molar-refractivity contribution in [3.8, 4) is 17.0 Å². The minimum Gasteiger partial charge on any atom is -0.492 e. The quantitative estimate of drug-likeness (QED) is 0.526. The Labute approximate surface area is 230 Å². The first-order valence-electron chi connectivity index (χ1n) is 14.1. The van der Waals surface area contributed by atoms with E-state index in [9.17, 15) is 9.59 Å². The highest BCUT2D eigenvalue weighted by molar-refractivity contribution is 5.97. The molecule has 39 heavy (non-hydrogen) atoms. The number of ether oxygens (including phenoxy) is 2. The topological polar surface area (TPSA) is 85.7 Å². The van der Waals surface area contributed by atoms with Gasteiger partial charge in [-0.15, -0.1) is 0 Å². The van der Waals surface area contributed by atoms with Gasteiger partial charge in [-0.2, -0.15) is 5.10 Å². The van der Waals surface area contributed by atoms with Crippen LogP contribution in [0.1, 0.15) is 59.9 Å². The first kappa shape index (κ1) is 26.9. The highest BCUT2D eigenvalue weighted by atomic mass is 16.5. The largest absolute Gasteiger partial charge is 0.492 e. The number of aryl methyl sites for hydroxylation is 1. The van der Waals surface area contributed by atoms with Gasteiger partial charge in [-0.3, -0.25) is 14.3 Å². The second-order valence-electron chi connectivity index (χ2n) is 10.5. The van der Waals surface area contributed by atoms with Crippen LogP contribution in [0.2, 0.25) is 0 Å². The molecule has 0 unspecified atom stereocenters. The first-order valence-corrected chi connectivity index (χ1v) is 14.1. The zero-order valence-electron chi connectivity index (χ0n) is 22.7. The third-order valence-electron chi connectivity index (χ3n) is 7.92. The van der Waals surface area contributed by atoms with Crippen LogP contribution in [0, 0.1) is 5.41 Å². The summed E-state index contributed by atoms with van der Waals surface area (Å²) in [6.07, 6.45) is 4.69. The van der Waals surface area contributed by atoms with Gasteiger partial charge in [0.05, 0.1) is 24.5 Å². The van der Waals surface area contributed by atoms with Gasteiger partial charge in [-0.1, -0.05) is 48.9 Å². The molecule has 1 fully saturated rings. The predicted molar refractivity (Wildman–Crippen MR) is 150 cm³/mol. The number of piperidine rings is 1. The molecule has 206 valence electrons. The highest BCUT2D eigenvalue weighted by Gasteiger charge is 2.37. The van der Waals surface area contributed by atoms with Crippen LogP contribution >= 0.6 is 0 Å². The van der Waals surface area contributed by atoms with Crippen molar-refractivity contribution in [2.45, 2.75) is 45.6 Å². The van der Waals surface area contributed by atoms with Gasteiger partial charge in [0.25, 0.3) is 11.8 Å².